The van der Waals surface area contributed by atoms with Crippen molar-refractivity contribution in [3.05, 3.63) is 70.6 Å². The molecule has 3 aromatic rings. The standard InChI is InChI=1S/C17H12ClF2N3O2/c18-12-3-1-2-10(8-12)16-22-15(25-23-16)6-7-21-17(24)11-4-5-13(19)14(20)9-11/h1-5,8-9H,6-7H2,(H,21,24). The lowest BCUT2D eigenvalue weighted by Crippen LogP contribution is -2.25. The van der Waals surface area contributed by atoms with Crippen molar-refractivity contribution in [3.8, 4) is 11.4 Å². The normalized spacial score (nSPS) is 10.7. The van der Waals surface area contributed by atoms with E-state index in [4.69, 9.17) is 16.1 Å². The van der Waals surface area contributed by atoms with Crippen LogP contribution in [0.3, 0.4) is 0 Å². The van der Waals surface area contributed by atoms with Crippen LogP contribution in [-0.2, 0) is 6.42 Å². The number of hydrogen-bond acceptors (Lipinski definition) is 4. The third-order valence-corrected chi connectivity index (χ3v) is 3.59. The lowest BCUT2D eigenvalue weighted by atomic mass is 10.2. The summed E-state index contributed by atoms with van der Waals surface area (Å²) in [5.74, 6) is -1.87. The minimum atomic E-state index is -1.07. The number of benzene rings is 2. The van der Waals surface area contributed by atoms with E-state index in [0.717, 1.165) is 12.1 Å². The van der Waals surface area contributed by atoms with Gasteiger partial charge in [-0.25, -0.2) is 8.78 Å². The Labute approximate surface area is 146 Å². The van der Waals surface area contributed by atoms with Crippen LogP contribution in [0.2, 0.25) is 5.02 Å². The van der Waals surface area contributed by atoms with E-state index < -0.39 is 17.5 Å². The fourth-order valence-electron chi connectivity index (χ4n) is 2.12. The SMILES string of the molecule is O=C(NCCc1nc(-c2cccc(Cl)c2)no1)c1ccc(F)c(F)c1. The molecule has 0 aliphatic carbocycles. The molecule has 0 unspecified atom stereocenters. The van der Waals surface area contributed by atoms with Gasteiger partial charge in [0.15, 0.2) is 11.6 Å². The molecule has 3 rings (SSSR count). The second-order valence-electron chi connectivity index (χ2n) is 5.16. The summed E-state index contributed by atoms with van der Waals surface area (Å²) in [6.07, 6.45) is 0.295. The summed E-state index contributed by atoms with van der Waals surface area (Å²) < 4.78 is 31.1. The zero-order chi connectivity index (χ0) is 17.8. The van der Waals surface area contributed by atoms with E-state index in [1.54, 1.807) is 24.3 Å². The number of nitrogens with zero attached hydrogens (tertiary/aromatic N) is 2. The van der Waals surface area contributed by atoms with Gasteiger partial charge < -0.3 is 9.84 Å². The lowest BCUT2D eigenvalue weighted by Gasteiger charge is -2.03. The molecule has 2 aromatic carbocycles. The molecule has 128 valence electrons. The largest absolute Gasteiger partial charge is 0.352 e. The second kappa shape index (κ2) is 7.40. The maximum absolute atomic E-state index is 13.1. The number of carbonyl (C=O) groups is 1. The van der Waals surface area contributed by atoms with Crippen molar-refractivity contribution in [3.63, 3.8) is 0 Å². The first-order valence-electron chi connectivity index (χ1n) is 7.35. The van der Waals surface area contributed by atoms with Crippen LogP contribution < -0.4 is 5.32 Å². The molecule has 1 aromatic heterocycles. The summed E-state index contributed by atoms with van der Waals surface area (Å²) in [4.78, 5) is 16.1. The van der Waals surface area contributed by atoms with Crippen LogP contribution in [-0.4, -0.2) is 22.6 Å². The van der Waals surface area contributed by atoms with Crippen molar-refractivity contribution in [1.82, 2.24) is 15.5 Å². The van der Waals surface area contributed by atoms with E-state index in [0.29, 0.717) is 28.7 Å². The molecule has 5 nitrogen and oxygen atoms in total. The number of nitrogens with one attached hydrogen (secondary N) is 1. The fourth-order valence-corrected chi connectivity index (χ4v) is 2.31. The molecule has 8 heteroatoms. The number of rotatable bonds is 5. The van der Waals surface area contributed by atoms with Crippen LogP contribution >= 0.6 is 11.6 Å². The van der Waals surface area contributed by atoms with Gasteiger partial charge in [0.05, 0.1) is 0 Å². The van der Waals surface area contributed by atoms with Crippen LogP contribution in [0.1, 0.15) is 16.2 Å². The van der Waals surface area contributed by atoms with E-state index in [2.05, 4.69) is 15.5 Å². The molecule has 0 aliphatic heterocycles. The van der Waals surface area contributed by atoms with Crippen molar-refractivity contribution >= 4 is 17.5 Å². The summed E-state index contributed by atoms with van der Waals surface area (Å²) in [7, 11) is 0. The highest BCUT2D eigenvalue weighted by Crippen LogP contribution is 2.19. The smallest absolute Gasteiger partial charge is 0.251 e. The summed E-state index contributed by atoms with van der Waals surface area (Å²) >= 11 is 5.92. The Morgan fingerprint density at radius 1 is 1.16 bits per heavy atom. The Morgan fingerprint density at radius 3 is 2.76 bits per heavy atom. The molecule has 1 heterocycles. The molecule has 1 N–H and O–H groups in total. The van der Waals surface area contributed by atoms with Gasteiger partial charge in [-0.05, 0) is 30.3 Å². The van der Waals surface area contributed by atoms with E-state index in [1.807, 2.05) is 0 Å². The molecule has 0 saturated carbocycles. The summed E-state index contributed by atoms with van der Waals surface area (Å²) in [5, 5.41) is 6.99. The molecular formula is C17H12ClF2N3O2. The Balaban J connectivity index is 1.57. The first-order chi connectivity index (χ1) is 12.0. The van der Waals surface area contributed by atoms with Gasteiger partial charge in [-0.3, -0.25) is 4.79 Å². The van der Waals surface area contributed by atoms with Gasteiger partial charge in [0.25, 0.3) is 5.91 Å². The maximum atomic E-state index is 13.1. The molecule has 0 saturated heterocycles. The summed E-state index contributed by atoms with van der Waals surface area (Å²) in [6, 6.07) is 9.97. The number of hydrogen-bond donors (Lipinski definition) is 1. The molecule has 0 atom stereocenters. The van der Waals surface area contributed by atoms with Gasteiger partial charge in [0.2, 0.25) is 11.7 Å². The fraction of sp³-hybridized carbons (Fsp3) is 0.118. The van der Waals surface area contributed by atoms with Crippen molar-refractivity contribution in [2.75, 3.05) is 6.54 Å². The average Bonchev–Trinajstić information content (AvgIpc) is 3.06. The lowest BCUT2D eigenvalue weighted by molar-refractivity contribution is 0.0953. The van der Waals surface area contributed by atoms with Gasteiger partial charge >= 0.3 is 0 Å². The third-order valence-electron chi connectivity index (χ3n) is 3.36. The maximum Gasteiger partial charge on any atom is 0.251 e. The highest BCUT2D eigenvalue weighted by molar-refractivity contribution is 6.30. The second-order valence-corrected chi connectivity index (χ2v) is 5.59. The zero-order valence-electron chi connectivity index (χ0n) is 12.8. The highest BCUT2D eigenvalue weighted by atomic mass is 35.5. The monoisotopic (exact) mass is 363 g/mol. The number of carbonyl (C=O) groups excluding carboxylic acids is 1. The molecule has 0 bridgehead atoms. The zero-order valence-corrected chi connectivity index (χ0v) is 13.6. The molecule has 0 aliphatic rings. The first kappa shape index (κ1) is 17.0. The van der Waals surface area contributed by atoms with Crippen molar-refractivity contribution in [1.29, 1.82) is 0 Å². The topological polar surface area (TPSA) is 68.0 Å². The molecule has 25 heavy (non-hydrogen) atoms. The van der Waals surface area contributed by atoms with E-state index in [-0.39, 0.29) is 12.1 Å². The Bertz CT molecular complexity index is 914. The van der Waals surface area contributed by atoms with Gasteiger partial charge in [-0.15, -0.1) is 0 Å². The number of aromatic nitrogens is 2. The first-order valence-corrected chi connectivity index (χ1v) is 7.72. The van der Waals surface area contributed by atoms with Crippen LogP contribution in [0.15, 0.2) is 47.0 Å². The minimum absolute atomic E-state index is 0.0315. The van der Waals surface area contributed by atoms with Gasteiger partial charge in [-0.2, -0.15) is 4.98 Å². The third kappa shape index (κ3) is 4.19. The summed E-state index contributed by atoms with van der Waals surface area (Å²) in [6.45, 7) is 0.203. The van der Waals surface area contributed by atoms with Crippen LogP contribution in [0.25, 0.3) is 11.4 Å². The van der Waals surface area contributed by atoms with Crippen LogP contribution in [0, 0.1) is 11.6 Å². The average molecular weight is 364 g/mol. The molecule has 0 radical (unpaired) electrons. The van der Waals surface area contributed by atoms with Crippen molar-refractivity contribution < 1.29 is 18.1 Å². The minimum Gasteiger partial charge on any atom is -0.352 e. The van der Waals surface area contributed by atoms with Crippen molar-refractivity contribution in [2.45, 2.75) is 6.42 Å². The van der Waals surface area contributed by atoms with Gasteiger partial charge in [0.1, 0.15) is 0 Å². The van der Waals surface area contributed by atoms with E-state index >= 15 is 0 Å². The molecular weight excluding hydrogens is 352 g/mol. The predicted molar refractivity (Wildman–Crippen MR) is 87.1 cm³/mol. The molecule has 1 amide bonds. The number of amides is 1. The summed E-state index contributed by atoms with van der Waals surface area (Å²) in [5.41, 5.74) is 0.748. The Morgan fingerprint density at radius 2 is 2.00 bits per heavy atom. The van der Waals surface area contributed by atoms with E-state index in [1.165, 1.54) is 6.07 Å². The predicted octanol–water partition coefficient (Wildman–Crippen LogP) is 3.64. The Hall–Kier alpha value is -2.80. The number of halogens is 3. The Kier molecular flexibility index (Phi) is 5.04. The van der Waals surface area contributed by atoms with Crippen LogP contribution in [0.5, 0.6) is 0 Å². The van der Waals surface area contributed by atoms with Crippen molar-refractivity contribution in [2.24, 2.45) is 0 Å². The molecule has 0 spiro atoms. The van der Waals surface area contributed by atoms with Gasteiger partial charge in [0, 0.05) is 29.1 Å². The van der Waals surface area contributed by atoms with Gasteiger partial charge in [-0.1, -0.05) is 28.9 Å². The quantitative estimate of drug-likeness (QED) is 0.751. The molecule has 0 fully saturated rings. The van der Waals surface area contributed by atoms with E-state index in [9.17, 15) is 13.6 Å². The highest BCUT2D eigenvalue weighted by Gasteiger charge is 2.11. The van der Waals surface area contributed by atoms with Crippen LogP contribution in [0.4, 0.5) is 8.78 Å².